The molecule has 1 N–H and O–H groups in total. The Bertz CT molecular complexity index is 363. The van der Waals surface area contributed by atoms with Crippen molar-refractivity contribution in [1.29, 1.82) is 0 Å². The van der Waals surface area contributed by atoms with Crippen LogP contribution in [-0.2, 0) is 0 Å². The molecule has 0 aliphatic heterocycles. The predicted octanol–water partition coefficient (Wildman–Crippen LogP) is 3.95. The van der Waals surface area contributed by atoms with Gasteiger partial charge in [-0.1, -0.05) is 18.5 Å². The van der Waals surface area contributed by atoms with Gasteiger partial charge in [0.1, 0.15) is 5.75 Å². The van der Waals surface area contributed by atoms with Crippen molar-refractivity contribution in [3.8, 4) is 5.75 Å². The second-order valence-electron chi connectivity index (χ2n) is 4.35. The molecule has 3 heteroatoms. The van der Waals surface area contributed by atoms with E-state index in [1.807, 2.05) is 18.2 Å². The zero-order valence-corrected chi connectivity index (χ0v) is 10.6. The number of nitrogens with one attached hydrogen (secondary N) is 1. The van der Waals surface area contributed by atoms with E-state index in [4.69, 9.17) is 16.3 Å². The van der Waals surface area contributed by atoms with Crippen LogP contribution in [0.5, 0.6) is 5.75 Å². The van der Waals surface area contributed by atoms with Gasteiger partial charge in [0, 0.05) is 17.8 Å². The van der Waals surface area contributed by atoms with E-state index in [2.05, 4.69) is 12.2 Å². The first-order chi connectivity index (χ1) is 7.74. The first kappa shape index (κ1) is 11.6. The van der Waals surface area contributed by atoms with Crippen molar-refractivity contribution in [2.45, 2.75) is 32.2 Å². The van der Waals surface area contributed by atoms with Gasteiger partial charge >= 0.3 is 0 Å². The van der Waals surface area contributed by atoms with Crippen molar-refractivity contribution < 1.29 is 4.74 Å². The molecule has 1 fully saturated rings. The Morgan fingerprint density at radius 1 is 1.50 bits per heavy atom. The number of methoxy groups -OCH3 is 1. The zero-order chi connectivity index (χ0) is 11.5. The van der Waals surface area contributed by atoms with Crippen molar-refractivity contribution >= 4 is 17.3 Å². The van der Waals surface area contributed by atoms with Gasteiger partial charge in [0.2, 0.25) is 0 Å². The van der Waals surface area contributed by atoms with E-state index in [0.717, 1.165) is 23.8 Å². The highest BCUT2D eigenvalue weighted by Crippen LogP contribution is 2.36. The van der Waals surface area contributed by atoms with E-state index in [9.17, 15) is 0 Å². The van der Waals surface area contributed by atoms with Crippen molar-refractivity contribution in [1.82, 2.24) is 0 Å². The van der Waals surface area contributed by atoms with Crippen LogP contribution >= 0.6 is 11.6 Å². The lowest BCUT2D eigenvalue weighted by Crippen LogP contribution is -2.20. The number of anilines is 1. The van der Waals surface area contributed by atoms with E-state index in [1.54, 1.807) is 7.11 Å². The summed E-state index contributed by atoms with van der Waals surface area (Å²) in [6.45, 7) is 2.23. The highest BCUT2D eigenvalue weighted by Gasteiger charge is 2.29. The number of hydrogen-bond acceptors (Lipinski definition) is 2. The van der Waals surface area contributed by atoms with Gasteiger partial charge in [-0.3, -0.25) is 0 Å². The number of halogens is 1. The summed E-state index contributed by atoms with van der Waals surface area (Å²) >= 11 is 5.99. The lowest BCUT2D eigenvalue weighted by Gasteiger charge is -2.18. The Kier molecular flexibility index (Phi) is 3.59. The summed E-state index contributed by atoms with van der Waals surface area (Å²) in [5, 5.41) is 4.21. The lowest BCUT2D eigenvalue weighted by atomic mass is 10.1. The summed E-state index contributed by atoms with van der Waals surface area (Å²) in [6.07, 6.45) is 3.88. The highest BCUT2D eigenvalue weighted by atomic mass is 35.5. The van der Waals surface area contributed by atoms with E-state index in [0.29, 0.717) is 11.1 Å². The molecule has 1 aromatic carbocycles. The SMILES string of the molecule is CCC(Nc1ccc(Cl)c(OC)c1)C1CC1. The molecule has 1 unspecified atom stereocenters. The fourth-order valence-corrected chi connectivity index (χ4v) is 2.21. The molecule has 16 heavy (non-hydrogen) atoms. The van der Waals surface area contributed by atoms with Crippen LogP contribution in [0.2, 0.25) is 5.02 Å². The Labute approximate surface area is 102 Å². The fourth-order valence-electron chi connectivity index (χ4n) is 2.02. The van der Waals surface area contributed by atoms with E-state index >= 15 is 0 Å². The standard InChI is InChI=1S/C13H18ClNO/c1-3-12(9-4-5-9)15-10-6-7-11(14)13(8-10)16-2/h6-9,12,15H,3-5H2,1-2H3. The Hall–Kier alpha value is -0.890. The Balaban J connectivity index is 2.08. The molecule has 0 heterocycles. The lowest BCUT2D eigenvalue weighted by molar-refractivity contribution is 0.415. The van der Waals surface area contributed by atoms with Crippen LogP contribution in [0.4, 0.5) is 5.69 Å². The van der Waals surface area contributed by atoms with Gasteiger partial charge in [-0.15, -0.1) is 0 Å². The first-order valence-electron chi connectivity index (χ1n) is 5.84. The topological polar surface area (TPSA) is 21.3 Å². The molecule has 1 saturated carbocycles. The second-order valence-corrected chi connectivity index (χ2v) is 4.75. The van der Waals surface area contributed by atoms with Crippen molar-refractivity contribution in [2.75, 3.05) is 12.4 Å². The number of ether oxygens (including phenoxy) is 1. The minimum atomic E-state index is 0.589. The van der Waals surface area contributed by atoms with Gasteiger partial charge in [-0.25, -0.2) is 0 Å². The average Bonchev–Trinajstić information content (AvgIpc) is 3.12. The smallest absolute Gasteiger partial charge is 0.139 e. The minimum Gasteiger partial charge on any atom is -0.495 e. The molecule has 2 rings (SSSR count). The first-order valence-corrected chi connectivity index (χ1v) is 6.22. The molecule has 0 spiro atoms. The van der Waals surface area contributed by atoms with Crippen LogP contribution in [0, 0.1) is 5.92 Å². The summed E-state index contributed by atoms with van der Waals surface area (Å²) < 4.78 is 5.20. The van der Waals surface area contributed by atoms with Crippen LogP contribution in [0.1, 0.15) is 26.2 Å². The molecule has 1 aliphatic carbocycles. The Morgan fingerprint density at radius 3 is 2.81 bits per heavy atom. The van der Waals surface area contributed by atoms with Gasteiger partial charge in [-0.2, -0.15) is 0 Å². The van der Waals surface area contributed by atoms with Crippen molar-refractivity contribution in [3.63, 3.8) is 0 Å². The number of rotatable bonds is 5. The minimum absolute atomic E-state index is 0.589. The third kappa shape index (κ3) is 2.62. The van der Waals surface area contributed by atoms with E-state index in [-0.39, 0.29) is 0 Å². The monoisotopic (exact) mass is 239 g/mol. The maximum absolute atomic E-state index is 5.99. The van der Waals surface area contributed by atoms with Gasteiger partial charge < -0.3 is 10.1 Å². The number of benzene rings is 1. The summed E-state index contributed by atoms with van der Waals surface area (Å²) in [5.74, 6) is 1.59. The van der Waals surface area contributed by atoms with E-state index in [1.165, 1.54) is 12.8 Å². The molecule has 88 valence electrons. The molecule has 2 nitrogen and oxygen atoms in total. The maximum atomic E-state index is 5.99. The molecular weight excluding hydrogens is 222 g/mol. The summed E-state index contributed by atoms with van der Waals surface area (Å²) in [4.78, 5) is 0. The van der Waals surface area contributed by atoms with Crippen molar-refractivity contribution in [2.24, 2.45) is 5.92 Å². The van der Waals surface area contributed by atoms with Crippen LogP contribution in [0.3, 0.4) is 0 Å². The average molecular weight is 240 g/mol. The van der Waals surface area contributed by atoms with Crippen LogP contribution in [0.25, 0.3) is 0 Å². The Morgan fingerprint density at radius 2 is 2.25 bits per heavy atom. The predicted molar refractivity (Wildman–Crippen MR) is 68.4 cm³/mol. The third-order valence-corrected chi connectivity index (χ3v) is 3.45. The molecule has 0 saturated heterocycles. The highest BCUT2D eigenvalue weighted by molar-refractivity contribution is 6.32. The van der Waals surface area contributed by atoms with Crippen LogP contribution < -0.4 is 10.1 Å². The molecule has 0 aromatic heterocycles. The number of hydrogen-bond donors (Lipinski definition) is 1. The normalized spacial score (nSPS) is 16.9. The quantitative estimate of drug-likeness (QED) is 0.840. The largest absolute Gasteiger partial charge is 0.495 e. The molecule has 0 bridgehead atoms. The molecular formula is C13H18ClNO. The van der Waals surface area contributed by atoms with Crippen LogP contribution in [0.15, 0.2) is 18.2 Å². The maximum Gasteiger partial charge on any atom is 0.139 e. The molecule has 1 aliphatic rings. The van der Waals surface area contributed by atoms with Gasteiger partial charge in [0.25, 0.3) is 0 Å². The third-order valence-electron chi connectivity index (χ3n) is 3.13. The molecule has 0 amide bonds. The van der Waals surface area contributed by atoms with E-state index < -0.39 is 0 Å². The van der Waals surface area contributed by atoms with Crippen molar-refractivity contribution in [3.05, 3.63) is 23.2 Å². The zero-order valence-electron chi connectivity index (χ0n) is 9.79. The second kappa shape index (κ2) is 4.96. The summed E-state index contributed by atoms with van der Waals surface area (Å²) in [7, 11) is 1.64. The molecule has 1 atom stereocenters. The molecule has 0 radical (unpaired) electrons. The summed E-state index contributed by atoms with van der Waals surface area (Å²) in [6, 6.07) is 6.44. The van der Waals surface area contributed by atoms with Gasteiger partial charge in [0.15, 0.2) is 0 Å². The fraction of sp³-hybridized carbons (Fsp3) is 0.538. The van der Waals surface area contributed by atoms with Gasteiger partial charge in [-0.05, 0) is 37.3 Å². The summed E-state index contributed by atoms with van der Waals surface area (Å²) in [5.41, 5.74) is 1.10. The van der Waals surface area contributed by atoms with Gasteiger partial charge in [0.05, 0.1) is 12.1 Å². The molecule has 1 aromatic rings. The van der Waals surface area contributed by atoms with Crippen LogP contribution in [-0.4, -0.2) is 13.2 Å².